The summed E-state index contributed by atoms with van der Waals surface area (Å²) in [5.41, 5.74) is 17.1. The van der Waals surface area contributed by atoms with Gasteiger partial charge in [-0.3, -0.25) is 0 Å². The fourth-order valence-electron chi connectivity index (χ4n) is 9.57. The second-order valence-electron chi connectivity index (χ2n) is 14.5. The molecule has 0 saturated heterocycles. The molecule has 4 aliphatic rings. The van der Waals surface area contributed by atoms with Crippen molar-refractivity contribution in [3.8, 4) is 0 Å². The van der Waals surface area contributed by atoms with Gasteiger partial charge in [0.25, 0.3) is 6.71 Å². The first kappa shape index (κ1) is 30.2. The van der Waals surface area contributed by atoms with Crippen LogP contribution >= 0.6 is 0 Å². The van der Waals surface area contributed by atoms with Gasteiger partial charge in [0.1, 0.15) is 11.6 Å². The molecule has 6 aromatic carbocycles. The molecule has 246 valence electrons. The van der Waals surface area contributed by atoms with Crippen LogP contribution in [0.3, 0.4) is 0 Å². The Kier molecular flexibility index (Phi) is 6.46. The highest BCUT2D eigenvalue weighted by Gasteiger charge is 2.55. The molecule has 3 aliphatic heterocycles. The Balaban J connectivity index is 1.45. The van der Waals surface area contributed by atoms with Crippen LogP contribution in [-0.4, -0.2) is 6.71 Å². The fraction of sp³-hybridized carbons (Fsp3) is 0.130. The Bertz CT molecular complexity index is 2380. The minimum Gasteiger partial charge on any atom is -0.311 e. The molecule has 0 bridgehead atoms. The van der Waals surface area contributed by atoms with E-state index in [0.29, 0.717) is 0 Å². The summed E-state index contributed by atoms with van der Waals surface area (Å²) in [7, 11) is 0. The van der Waals surface area contributed by atoms with Gasteiger partial charge in [-0.15, -0.1) is 0 Å². The maximum Gasteiger partial charge on any atom is 0.253 e. The first-order valence-electron chi connectivity index (χ1n) is 17.8. The first-order valence-corrected chi connectivity index (χ1v) is 17.8. The van der Waals surface area contributed by atoms with Crippen molar-refractivity contribution in [2.45, 2.75) is 39.0 Å². The highest BCUT2D eigenvalue weighted by molar-refractivity contribution is 7.01. The van der Waals surface area contributed by atoms with E-state index in [2.05, 4.69) is 116 Å². The zero-order valence-corrected chi connectivity index (χ0v) is 28.8. The molecule has 0 atom stereocenters. The lowest BCUT2D eigenvalue weighted by molar-refractivity contribution is 0.627. The lowest BCUT2D eigenvalue weighted by Gasteiger charge is -2.53. The number of halogens is 2. The highest BCUT2D eigenvalue weighted by atomic mass is 19.1. The van der Waals surface area contributed by atoms with Crippen LogP contribution in [0.2, 0.25) is 0 Å². The van der Waals surface area contributed by atoms with E-state index in [1.165, 1.54) is 45.3 Å². The summed E-state index contributed by atoms with van der Waals surface area (Å²) in [6.45, 7) is 6.39. The maximum atomic E-state index is 15.2. The number of allylic oxidation sites excluding steroid dienone is 4. The number of anilines is 6. The number of hydrogen-bond acceptors (Lipinski definition) is 2. The Morgan fingerprint density at radius 1 is 0.549 bits per heavy atom. The van der Waals surface area contributed by atoms with Crippen LogP contribution in [0, 0.1) is 32.4 Å². The third-order valence-corrected chi connectivity index (χ3v) is 11.3. The summed E-state index contributed by atoms with van der Waals surface area (Å²) in [6, 6.07) is 38.7. The number of benzene rings is 6. The van der Waals surface area contributed by atoms with Crippen LogP contribution in [0.1, 0.15) is 46.2 Å². The molecule has 3 heterocycles. The Labute approximate surface area is 298 Å². The monoisotopic (exact) mass is 664 g/mol. The number of nitrogens with zero attached hydrogens (tertiary/aromatic N) is 2. The molecular weight excluding hydrogens is 629 g/mol. The van der Waals surface area contributed by atoms with Gasteiger partial charge in [0.05, 0.1) is 5.41 Å². The van der Waals surface area contributed by atoms with Crippen molar-refractivity contribution in [3.05, 3.63) is 184 Å². The van der Waals surface area contributed by atoms with Crippen LogP contribution in [0.5, 0.6) is 0 Å². The van der Waals surface area contributed by atoms with E-state index in [0.717, 1.165) is 69.1 Å². The third kappa shape index (κ3) is 4.15. The topological polar surface area (TPSA) is 6.48 Å². The summed E-state index contributed by atoms with van der Waals surface area (Å²) in [5.74, 6) is -0.559. The van der Waals surface area contributed by atoms with Crippen LogP contribution in [0.4, 0.5) is 42.9 Å². The lowest BCUT2D eigenvalue weighted by atomic mass is 9.27. The van der Waals surface area contributed by atoms with Gasteiger partial charge in [-0.25, -0.2) is 8.78 Å². The van der Waals surface area contributed by atoms with Crippen LogP contribution in [-0.2, 0) is 5.41 Å². The molecule has 0 aromatic heterocycles. The number of hydrogen-bond donors (Lipinski definition) is 0. The molecule has 5 heteroatoms. The van der Waals surface area contributed by atoms with Crippen LogP contribution in [0.25, 0.3) is 0 Å². The minimum atomic E-state index is -0.637. The summed E-state index contributed by atoms with van der Waals surface area (Å²) in [6.07, 6.45) is 9.04. The number of aryl methyl sites for hydroxylation is 3. The van der Waals surface area contributed by atoms with Gasteiger partial charge in [-0.1, -0.05) is 72.8 Å². The van der Waals surface area contributed by atoms with Gasteiger partial charge in [-0.2, -0.15) is 0 Å². The SMILES string of the molecule is Cc1cc2c3c(c1)N(c1cccc(F)c1)c1cc(C)cc4c1B3c1c(cc(C)cc1C4(C1=CCCC=C1)c1ccccc1)N2c1cccc(F)c1. The quantitative estimate of drug-likeness (QED) is 0.173. The van der Waals surface area contributed by atoms with E-state index in [1.807, 2.05) is 12.1 Å². The van der Waals surface area contributed by atoms with Crippen molar-refractivity contribution in [1.29, 1.82) is 0 Å². The second kappa shape index (κ2) is 10.9. The molecule has 0 spiro atoms. The van der Waals surface area contributed by atoms with E-state index in [-0.39, 0.29) is 18.3 Å². The van der Waals surface area contributed by atoms with Gasteiger partial charge in [0.15, 0.2) is 0 Å². The molecule has 0 saturated carbocycles. The van der Waals surface area contributed by atoms with Crippen LogP contribution in [0.15, 0.2) is 139 Å². The summed E-state index contributed by atoms with van der Waals surface area (Å²) in [4.78, 5) is 4.54. The standard InChI is InChI=1S/C46H35BF2N2/c1-28-20-37-43-39(22-28)50(35-18-10-16-33(48)26-35)41-24-30(3)25-42-45(41)47(43)44-38(21-29(2)23-40(44)51(42)36-19-11-17-34(49)27-36)46(37,31-12-6-4-7-13-31)32-14-8-5-9-15-32/h4,6-8,10-27H,5,9H2,1-3H3. The molecular formula is C46H35BF2N2. The van der Waals surface area contributed by atoms with Crippen molar-refractivity contribution in [2.75, 3.05) is 9.80 Å². The molecule has 1 aliphatic carbocycles. The Morgan fingerprint density at radius 3 is 1.55 bits per heavy atom. The van der Waals surface area contributed by atoms with Crippen molar-refractivity contribution < 1.29 is 8.78 Å². The summed E-state index contributed by atoms with van der Waals surface area (Å²) < 4.78 is 30.4. The Morgan fingerprint density at radius 2 is 1.06 bits per heavy atom. The van der Waals surface area contributed by atoms with E-state index in [9.17, 15) is 0 Å². The maximum absolute atomic E-state index is 15.2. The molecule has 0 fully saturated rings. The minimum absolute atomic E-state index is 0.0913. The molecule has 10 rings (SSSR count). The van der Waals surface area contributed by atoms with Gasteiger partial charge < -0.3 is 9.80 Å². The predicted molar refractivity (Wildman–Crippen MR) is 207 cm³/mol. The lowest BCUT2D eigenvalue weighted by Crippen LogP contribution is -2.68. The predicted octanol–water partition coefficient (Wildman–Crippen LogP) is 9.90. The summed E-state index contributed by atoms with van der Waals surface area (Å²) >= 11 is 0. The van der Waals surface area contributed by atoms with Gasteiger partial charge in [0, 0.05) is 34.1 Å². The molecule has 51 heavy (non-hydrogen) atoms. The highest BCUT2D eigenvalue weighted by Crippen LogP contribution is 2.54. The van der Waals surface area contributed by atoms with E-state index in [1.54, 1.807) is 24.3 Å². The summed E-state index contributed by atoms with van der Waals surface area (Å²) in [5, 5.41) is 0. The van der Waals surface area contributed by atoms with Gasteiger partial charge in [-0.05, 0) is 150 Å². The zero-order valence-electron chi connectivity index (χ0n) is 28.8. The van der Waals surface area contributed by atoms with Crippen molar-refractivity contribution in [3.63, 3.8) is 0 Å². The van der Waals surface area contributed by atoms with Crippen molar-refractivity contribution >= 4 is 57.2 Å². The molecule has 0 N–H and O–H groups in total. The van der Waals surface area contributed by atoms with E-state index < -0.39 is 5.41 Å². The molecule has 0 radical (unpaired) electrons. The molecule has 6 aromatic rings. The first-order chi connectivity index (χ1) is 24.8. The number of rotatable bonds is 4. The third-order valence-electron chi connectivity index (χ3n) is 11.3. The smallest absolute Gasteiger partial charge is 0.253 e. The normalized spacial score (nSPS) is 15.9. The van der Waals surface area contributed by atoms with Crippen molar-refractivity contribution in [2.24, 2.45) is 0 Å². The average molecular weight is 665 g/mol. The van der Waals surface area contributed by atoms with Gasteiger partial charge in [0.2, 0.25) is 0 Å². The van der Waals surface area contributed by atoms with Crippen LogP contribution < -0.4 is 26.2 Å². The zero-order chi connectivity index (χ0) is 34.6. The molecule has 2 nitrogen and oxygen atoms in total. The van der Waals surface area contributed by atoms with E-state index >= 15 is 8.78 Å². The fourth-order valence-corrected chi connectivity index (χ4v) is 9.57. The van der Waals surface area contributed by atoms with Gasteiger partial charge >= 0.3 is 0 Å². The second-order valence-corrected chi connectivity index (χ2v) is 14.5. The Hall–Kier alpha value is -5.68. The average Bonchev–Trinajstić information content (AvgIpc) is 3.12. The van der Waals surface area contributed by atoms with E-state index in [4.69, 9.17) is 0 Å². The van der Waals surface area contributed by atoms with Crippen molar-refractivity contribution in [1.82, 2.24) is 0 Å². The largest absolute Gasteiger partial charge is 0.311 e. The molecule has 0 unspecified atom stereocenters. The molecule has 0 amide bonds.